The number of imidazole rings is 1. The lowest BCUT2D eigenvalue weighted by atomic mass is 9.77. The molecule has 0 radical (unpaired) electrons. The number of anilines is 1. The maximum absolute atomic E-state index is 11.8. The zero-order chi connectivity index (χ0) is 14.4. The minimum atomic E-state index is 0.177. The molecule has 2 bridgehead atoms. The van der Waals surface area contributed by atoms with E-state index in [1.54, 1.807) is 6.33 Å². The Morgan fingerprint density at radius 3 is 3.10 bits per heavy atom. The van der Waals surface area contributed by atoms with E-state index in [2.05, 4.69) is 30.2 Å². The Kier molecular flexibility index (Phi) is 2.80. The topological polar surface area (TPSA) is 84.7 Å². The van der Waals surface area contributed by atoms with E-state index in [9.17, 15) is 4.79 Å². The van der Waals surface area contributed by atoms with Crippen LogP contribution in [0.3, 0.4) is 0 Å². The second-order valence-corrected chi connectivity index (χ2v) is 5.92. The fourth-order valence-corrected chi connectivity index (χ4v) is 3.72. The van der Waals surface area contributed by atoms with Gasteiger partial charge in [-0.3, -0.25) is 4.79 Å². The summed E-state index contributed by atoms with van der Waals surface area (Å²) in [6.45, 7) is 0. The van der Waals surface area contributed by atoms with Crippen molar-refractivity contribution in [2.75, 3.05) is 12.4 Å². The molecule has 7 nitrogen and oxygen atoms in total. The second kappa shape index (κ2) is 4.68. The van der Waals surface area contributed by atoms with Gasteiger partial charge in [-0.25, -0.2) is 15.0 Å². The van der Waals surface area contributed by atoms with Crippen molar-refractivity contribution in [1.82, 2.24) is 24.8 Å². The Labute approximate surface area is 122 Å². The molecule has 2 N–H and O–H groups in total. The van der Waals surface area contributed by atoms with Crippen LogP contribution in [0.1, 0.15) is 31.7 Å². The van der Waals surface area contributed by atoms with Crippen LogP contribution in [0.5, 0.6) is 0 Å². The Morgan fingerprint density at radius 1 is 1.33 bits per heavy atom. The van der Waals surface area contributed by atoms with E-state index in [1.807, 2.05) is 13.4 Å². The number of carbonyl (C=O) groups excluding carboxylic acids is 1. The first kappa shape index (κ1) is 12.6. The van der Waals surface area contributed by atoms with Gasteiger partial charge in [0.1, 0.15) is 11.8 Å². The van der Waals surface area contributed by atoms with E-state index in [0.717, 1.165) is 36.2 Å². The summed E-state index contributed by atoms with van der Waals surface area (Å²) in [5.41, 5.74) is 1.61. The van der Waals surface area contributed by atoms with Gasteiger partial charge in [0.25, 0.3) is 0 Å². The average Bonchev–Trinajstić information content (AvgIpc) is 2.91. The maximum Gasteiger partial charge on any atom is 0.220 e. The summed E-state index contributed by atoms with van der Waals surface area (Å²) in [5, 5.41) is 6.17. The van der Waals surface area contributed by atoms with Crippen molar-refractivity contribution in [2.45, 2.75) is 37.8 Å². The SMILES string of the molecule is CNc1ncnc2c1ncn2[C@H]1CC[C@H]2CC(=O)N[C@H]1C2. The highest BCUT2D eigenvalue weighted by molar-refractivity contribution is 5.82. The number of nitrogens with zero attached hydrogens (tertiary/aromatic N) is 4. The summed E-state index contributed by atoms with van der Waals surface area (Å²) in [6.07, 6.45) is 7.27. The van der Waals surface area contributed by atoms with E-state index in [1.165, 1.54) is 0 Å². The van der Waals surface area contributed by atoms with Crippen molar-refractivity contribution in [1.29, 1.82) is 0 Å². The van der Waals surface area contributed by atoms with Gasteiger partial charge in [-0.15, -0.1) is 0 Å². The molecule has 1 aliphatic carbocycles. The largest absolute Gasteiger partial charge is 0.371 e. The van der Waals surface area contributed by atoms with Crippen molar-refractivity contribution in [2.24, 2.45) is 5.92 Å². The highest BCUT2D eigenvalue weighted by Crippen LogP contribution is 2.38. The van der Waals surface area contributed by atoms with Crippen LogP contribution in [0.15, 0.2) is 12.7 Å². The van der Waals surface area contributed by atoms with Gasteiger partial charge in [-0.05, 0) is 25.2 Å². The third-order valence-corrected chi connectivity index (χ3v) is 4.70. The summed E-state index contributed by atoms with van der Waals surface area (Å²) in [5.74, 6) is 1.45. The number of aromatic nitrogens is 4. The van der Waals surface area contributed by atoms with Crippen molar-refractivity contribution >= 4 is 22.9 Å². The molecule has 1 saturated carbocycles. The molecule has 2 aromatic heterocycles. The zero-order valence-electron chi connectivity index (χ0n) is 11.9. The van der Waals surface area contributed by atoms with Crippen molar-refractivity contribution < 1.29 is 4.79 Å². The van der Waals surface area contributed by atoms with Crippen molar-refractivity contribution in [3.63, 3.8) is 0 Å². The number of hydrogen-bond donors (Lipinski definition) is 2. The summed E-state index contributed by atoms with van der Waals surface area (Å²) >= 11 is 0. The van der Waals surface area contributed by atoms with E-state index in [0.29, 0.717) is 12.3 Å². The Hall–Kier alpha value is -2.18. The van der Waals surface area contributed by atoms with Gasteiger partial charge in [0.05, 0.1) is 12.4 Å². The molecule has 2 aromatic rings. The second-order valence-electron chi connectivity index (χ2n) is 5.92. The van der Waals surface area contributed by atoms with Crippen molar-refractivity contribution in [3.05, 3.63) is 12.7 Å². The first-order chi connectivity index (χ1) is 10.3. The van der Waals surface area contributed by atoms with Crippen LogP contribution in [-0.4, -0.2) is 38.5 Å². The minimum Gasteiger partial charge on any atom is -0.371 e. The molecular formula is C14H18N6O. The van der Waals surface area contributed by atoms with Crippen LogP contribution in [0.2, 0.25) is 0 Å². The summed E-state index contributed by atoms with van der Waals surface area (Å²) in [7, 11) is 1.83. The minimum absolute atomic E-state index is 0.177. The highest BCUT2D eigenvalue weighted by Gasteiger charge is 2.38. The molecule has 3 heterocycles. The molecule has 1 aliphatic heterocycles. The number of rotatable bonds is 2. The number of carbonyl (C=O) groups is 1. The third-order valence-electron chi connectivity index (χ3n) is 4.70. The molecule has 21 heavy (non-hydrogen) atoms. The zero-order valence-corrected chi connectivity index (χ0v) is 11.9. The molecule has 0 spiro atoms. The predicted octanol–water partition coefficient (Wildman–Crippen LogP) is 1.10. The predicted molar refractivity (Wildman–Crippen MR) is 77.8 cm³/mol. The van der Waals surface area contributed by atoms with E-state index >= 15 is 0 Å². The first-order valence-electron chi connectivity index (χ1n) is 7.41. The number of fused-ring (bicyclic) bond motifs is 3. The van der Waals surface area contributed by atoms with Crippen LogP contribution < -0.4 is 10.6 Å². The van der Waals surface area contributed by atoms with Gasteiger partial charge in [0.15, 0.2) is 11.5 Å². The van der Waals surface area contributed by atoms with Gasteiger partial charge in [-0.1, -0.05) is 0 Å². The Balaban J connectivity index is 1.74. The van der Waals surface area contributed by atoms with E-state index in [4.69, 9.17) is 0 Å². The monoisotopic (exact) mass is 286 g/mol. The lowest BCUT2D eigenvalue weighted by molar-refractivity contribution is -0.126. The Morgan fingerprint density at radius 2 is 2.24 bits per heavy atom. The van der Waals surface area contributed by atoms with Crippen LogP contribution in [-0.2, 0) is 4.79 Å². The highest BCUT2D eigenvalue weighted by atomic mass is 16.1. The van der Waals surface area contributed by atoms with Crippen LogP contribution in [0.25, 0.3) is 11.2 Å². The van der Waals surface area contributed by atoms with Gasteiger partial charge >= 0.3 is 0 Å². The number of hydrogen-bond acceptors (Lipinski definition) is 5. The summed E-state index contributed by atoms with van der Waals surface area (Å²) in [6, 6.07) is 0.422. The maximum atomic E-state index is 11.8. The molecule has 7 heteroatoms. The van der Waals surface area contributed by atoms with Gasteiger partial charge in [-0.2, -0.15) is 0 Å². The molecule has 0 unspecified atom stereocenters. The summed E-state index contributed by atoms with van der Waals surface area (Å²) in [4.78, 5) is 24.8. The number of amides is 1. The standard InChI is InChI=1S/C14H18N6O/c1-15-13-12-14(17-6-16-13)20(7-18-12)10-3-2-8-4-9(10)19-11(21)5-8/h6-10H,2-5H2,1H3,(H,19,21)(H,15,16,17)/t8-,9+,10+/m1/s1. The average molecular weight is 286 g/mol. The Bertz CT molecular complexity index is 696. The molecule has 110 valence electrons. The fraction of sp³-hybridized carbons (Fsp3) is 0.571. The van der Waals surface area contributed by atoms with E-state index in [-0.39, 0.29) is 18.0 Å². The van der Waals surface area contributed by atoms with Gasteiger partial charge in [0.2, 0.25) is 5.91 Å². The summed E-state index contributed by atoms with van der Waals surface area (Å²) < 4.78 is 2.10. The molecule has 2 fully saturated rings. The lowest BCUT2D eigenvalue weighted by Gasteiger charge is -2.40. The number of piperidine rings is 1. The molecule has 1 amide bonds. The molecule has 0 aromatic carbocycles. The normalized spacial score (nSPS) is 28.4. The molecule has 4 rings (SSSR count). The smallest absolute Gasteiger partial charge is 0.220 e. The van der Waals surface area contributed by atoms with Gasteiger partial charge < -0.3 is 15.2 Å². The molecule has 1 saturated heterocycles. The van der Waals surface area contributed by atoms with Crippen LogP contribution >= 0.6 is 0 Å². The number of nitrogens with one attached hydrogen (secondary N) is 2. The van der Waals surface area contributed by atoms with E-state index < -0.39 is 0 Å². The quantitative estimate of drug-likeness (QED) is 0.863. The molecule has 2 aliphatic rings. The van der Waals surface area contributed by atoms with Gasteiger partial charge in [0, 0.05) is 19.5 Å². The third kappa shape index (κ3) is 1.95. The lowest BCUT2D eigenvalue weighted by Crippen LogP contribution is -2.49. The van der Waals surface area contributed by atoms with Crippen LogP contribution in [0.4, 0.5) is 5.82 Å². The van der Waals surface area contributed by atoms with Crippen LogP contribution in [0, 0.1) is 5.92 Å². The first-order valence-corrected chi connectivity index (χ1v) is 7.41. The molecule has 3 atom stereocenters. The van der Waals surface area contributed by atoms with Crippen molar-refractivity contribution in [3.8, 4) is 0 Å². The fourth-order valence-electron chi connectivity index (χ4n) is 3.72. The molecular weight excluding hydrogens is 268 g/mol.